The quantitative estimate of drug-likeness (QED) is 0.799. The van der Waals surface area contributed by atoms with Gasteiger partial charge in [-0.15, -0.1) is 0 Å². The number of hydrogen-bond donors (Lipinski definition) is 2. The fraction of sp³-hybridized carbons (Fsp3) is 0.467. The lowest BCUT2D eigenvalue weighted by Gasteiger charge is -2.36. The van der Waals surface area contributed by atoms with Crippen LogP contribution in [0.1, 0.15) is 6.42 Å². The van der Waals surface area contributed by atoms with Gasteiger partial charge in [-0.05, 0) is 24.3 Å². The van der Waals surface area contributed by atoms with Crippen molar-refractivity contribution in [1.29, 1.82) is 0 Å². The van der Waals surface area contributed by atoms with E-state index in [9.17, 15) is 14.0 Å². The van der Waals surface area contributed by atoms with Crippen molar-refractivity contribution in [3.8, 4) is 0 Å². The molecule has 0 atom stereocenters. The standard InChI is InChI=1S/C15H21FN4O2/c16-12-1-3-13(4-2-12)19-7-9-20(10-8-19)15(22)5-6-18-14(21)11-17/h1-4H,5-11,17H2,(H,18,21). The number of carbonyl (C=O) groups excluding carboxylic acids is 2. The first-order valence-corrected chi connectivity index (χ1v) is 7.35. The zero-order chi connectivity index (χ0) is 15.9. The number of piperazine rings is 1. The maximum Gasteiger partial charge on any atom is 0.233 e. The molecule has 1 heterocycles. The van der Waals surface area contributed by atoms with Crippen molar-refractivity contribution in [3.05, 3.63) is 30.1 Å². The smallest absolute Gasteiger partial charge is 0.233 e. The van der Waals surface area contributed by atoms with Gasteiger partial charge in [0.25, 0.3) is 0 Å². The third-order valence-electron chi connectivity index (χ3n) is 3.67. The lowest BCUT2D eigenvalue weighted by molar-refractivity contribution is -0.131. The highest BCUT2D eigenvalue weighted by atomic mass is 19.1. The summed E-state index contributed by atoms with van der Waals surface area (Å²) in [6.07, 6.45) is 0.280. The van der Waals surface area contributed by atoms with Crippen molar-refractivity contribution in [2.45, 2.75) is 6.42 Å². The molecule has 2 amide bonds. The molecule has 0 bridgehead atoms. The average molecular weight is 308 g/mol. The van der Waals surface area contributed by atoms with Crippen LogP contribution in [-0.4, -0.2) is 56.0 Å². The molecular formula is C15H21FN4O2. The van der Waals surface area contributed by atoms with Gasteiger partial charge in [0.2, 0.25) is 11.8 Å². The van der Waals surface area contributed by atoms with E-state index >= 15 is 0 Å². The first kappa shape index (κ1) is 16.2. The number of hydrogen-bond acceptors (Lipinski definition) is 4. The highest BCUT2D eigenvalue weighted by Crippen LogP contribution is 2.17. The molecule has 3 N–H and O–H groups in total. The summed E-state index contributed by atoms with van der Waals surface area (Å²) in [5.41, 5.74) is 6.14. The van der Waals surface area contributed by atoms with Crippen molar-refractivity contribution in [3.63, 3.8) is 0 Å². The van der Waals surface area contributed by atoms with Gasteiger partial charge in [0, 0.05) is 44.8 Å². The number of nitrogens with zero attached hydrogens (tertiary/aromatic N) is 2. The van der Waals surface area contributed by atoms with Crippen LogP contribution in [0.5, 0.6) is 0 Å². The molecule has 0 saturated carbocycles. The van der Waals surface area contributed by atoms with Crippen LogP contribution in [0.2, 0.25) is 0 Å². The minimum Gasteiger partial charge on any atom is -0.368 e. The Morgan fingerprint density at radius 1 is 1.14 bits per heavy atom. The van der Waals surface area contributed by atoms with Crippen LogP contribution < -0.4 is 16.0 Å². The van der Waals surface area contributed by atoms with E-state index in [-0.39, 0.29) is 30.6 Å². The number of halogens is 1. The molecule has 7 heteroatoms. The Morgan fingerprint density at radius 2 is 1.77 bits per heavy atom. The molecule has 6 nitrogen and oxygen atoms in total. The molecule has 0 aliphatic carbocycles. The molecule has 120 valence electrons. The average Bonchev–Trinajstić information content (AvgIpc) is 2.55. The number of nitrogens with two attached hydrogens (primary N) is 1. The Bertz CT molecular complexity index is 513. The molecule has 0 aromatic heterocycles. The van der Waals surface area contributed by atoms with E-state index in [0.717, 1.165) is 5.69 Å². The van der Waals surface area contributed by atoms with Gasteiger partial charge >= 0.3 is 0 Å². The van der Waals surface area contributed by atoms with Crippen LogP contribution in [0.25, 0.3) is 0 Å². The van der Waals surface area contributed by atoms with E-state index in [1.165, 1.54) is 12.1 Å². The topological polar surface area (TPSA) is 78.7 Å². The fourth-order valence-corrected chi connectivity index (χ4v) is 2.41. The van der Waals surface area contributed by atoms with E-state index in [0.29, 0.717) is 32.7 Å². The Hall–Kier alpha value is -2.15. The number of carbonyl (C=O) groups is 2. The first-order chi connectivity index (χ1) is 10.6. The van der Waals surface area contributed by atoms with Crippen molar-refractivity contribution < 1.29 is 14.0 Å². The third kappa shape index (κ3) is 4.42. The molecule has 1 aromatic carbocycles. The van der Waals surface area contributed by atoms with Gasteiger partial charge in [-0.2, -0.15) is 0 Å². The maximum atomic E-state index is 12.9. The lowest BCUT2D eigenvalue weighted by atomic mass is 10.2. The minimum absolute atomic E-state index is 0.0241. The number of rotatable bonds is 5. The van der Waals surface area contributed by atoms with Gasteiger partial charge in [-0.1, -0.05) is 0 Å². The second-order valence-corrected chi connectivity index (χ2v) is 5.15. The predicted molar refractivity (Wildman–Crippen MR) is 81.9 cm³/mol. The van der Waals surface area contributed by atoms with Crippen molar-refractivity contribution in [2.24, 2.45) is 5.73 Å². The highest BCUT2D eigenvalue weighted by molar-refractivity contribution is 5.80. The largest absolute Gasteiger partial charge is 0.368 e. The van der Waals surface area contributed by atoms with Crippen molar-refractivity contribution in [2.75, 3.05) is 44.2 Å². The van der Waals surface area contributed by atoms with Gasteiger partial charge in [0.1, 0.15) is 5.82 Å². The first-order valence-electron chi connectivity index (χ1n) is 7.35. The van der Waals surface area contributed by atoms with Crippen molar-refractivity contribution >= 4 is 17.5 Å². The van der Waals surface area contributed by atoms with E-state index < -0.39 is 0 Å². The maximum absolute atomic E-state index is 12.9. The van der Waals surface area contributed by atoms with Gasteiger partial charge in [0.05, 0.1) is 6.54 Å². The Labute approximate surface area is 129 Å². The molecule has 0 spiro atoms. The highest BCUT2D eigenvalue weighted by Gasteiger charge is 2.21. The Morgan fingerprint density at radius 3 is 2.36 bits per heavy atom. The second-order valence-electron chi connectivity index (χ2n) is 5.15. The summed E-state index contributed by atoms with van der Waals surface area (Å²) in [4.78, 5) is 26.9. The summed E-state index contributed by atoms with van der Waals surface area (Å²) in [5.74, 6) is -0.484. The Kier molecular flexibility index (Phi) is 5.71. The van der Waals surface area contributed by atoms with Crippen molar-refractivity contribution in [1.82, 2.24) is 10.2 Å². The monoisotopic (exact) mass is 308 g/mol. The van der Waals surface area contributed by atoms with E-state index in [4.69, 9.17) is 5.73 Å². The number of benzene rings is 1. The van der Waals surface area contributed by atoms with Crippen LogP contribution in [0.4, 0.5) is 10.1 Å². The zero-order valence-electron chi connectivity index (χ0n) is 12.4. The van der Waals surface area contributed by atoms with Crippen LogP contribution in [0, 0.1) is 5.82 Å². The van der Waals surface area contributed by atoms with Crippen LogP contribution in [0.3, 0.4) is 0 Å². The van der Waals surface area contributed by atoms with Crippen LogP contribution >= 0.6 is 0 Å². The van der Waals surface area contributed by atoms with Gasteiger partial charge in [-0.3, -0.25) is 9.59 Å². The molecule has 1 saturated heterocycles. The number of amides is 2. The lowest BCUT2D eigenvalue weighted by Crippen LogP contribution is -2.49. The van der Waals surface area contributed by atoms with E-state index in [2.05, 4.69) is 10.2 Å². The molecule has 1 aromatic rings. The Balaban J connectivity index is 1.75. The molecule has 1 aliphatic heterocycles. The van der Waals surface area contributed by atoms with Gasteiger partial charge in [0.15, 0.2) is 0 Å². The minimum atomic E-state index is -0.256. The molecule has 1 aliphatic rings. The summed E-state index contributed by atoms with van der Waals surface area (Å²) >= 11 is 0. The summed E-state index contributed by atoms with van der Waals surface area (Å²) in [6.45, 7) is 2.93. The van der Waals surface area contributed by atoms with Gasteiger partial charge < -0.3 is 20.9 Å². The summed E-state index contributed by atoms with van der Waals surface area (Å²) in [7, 11) is 0. The molecular weight excluding hydrogens is 287 g/mol. The van der Waals surface area contributed by atoms with E-state index in [1.54, 1.807) is 17.0 Å². The summed E-state index contributed by atoms with van der Waals surface area (Å²) in [6, 6.07) is 6.37. The predicted octanol–water partition coefficient (Wildman–Crippen LogP) is -0.0607. The molecule has 1 fully saturated rings. The summed E-state index contributed by atoms with van der Waals surface area (Å²) < 4.78 is 12.9. The molecule has 2 rings (SSSR count). The van der Waals surface area contributed by atoms with E-state index in [1.807, 2.05) is 0 Å². The fourth-order valence-electron chi connectivity index (χ4n) is 2.41. The zero-order valence-corrected chi connectivity index (χ0v) is 12.4. The number of anilines is 1. The second kappa shape index (κ2) is 7.74. The molecule has 0 unspecified atom stereocenters. The molecule has 0 radical (unpaired) electrons. The normalized spacial score (nSPS) is 14.8. The van der Waals surface area contributed by atoms with Crippen LogP contribution in [-0.2, 0) is 9.59 Å². The number of nitrogens with one attached hydrogen (secondary N) is 1. The summed E-state index contributed by atoms with van der Waals surface area (Å²) in [5, 5.41) is 2.58. The van der Waals surface area contributed by atoms with Gasteiger partial charge in [-0.25, -0.2) is 4.39 Å². The third-order valence-corrected chi connectivity index (χ3v) is 3.67. The van der Waals surface area contributed by atoms with Crippen LogP contribution in [0.15, 0.2) is 24.3 Å². The SMILES string of the molecule is NCC(=O)NCCC(=O)N1CCN(c2ccc(F)cc2)CC1. The molecule has 22 heavy (non-hydrogen) atoms.